The first-order chi connectivity index (χ1) is 9.70. The van der Waals surface area contributed by atoms with Crippen LogP contribution in [0.2, 0.25) is 0 Å². The Morgan fingerprint density at radius 1 is 1.45 bits per heavy atom. The van der Waals surface area contributed by atoms with E-state index in [4.69, 9.17) is 10.5 Å². The van der Waals surface area contributed by atoms with Crippen LogP contribution in [0.25, 0.3) is 0 Å². The van der Waals surface area contributed by atoms with Crippen LogP contribution >= 0.6 is 0 Å². The Kier molecular flexibility index (Phi) is 3.48. The van der Waals surface area contributed by atoms with Crippen molar-refractivity contribution in [1.82, 2.24) is 9.88 Å². The molecular formula is C14H20N4O2. The summed E-state index contributed by atoms with van der Waals surface area (Å²) in [7, 11) is 1.36. The molecule has 0 amide bonds. The number of rotatable bonds is 2. The summed E-state index contributed by atoms with van der Waals surface area (Å²) in [5, 5.41) is 0. The van der Waals surface area contributed by atoms with Gasteiger partial charge in [0.1, 0.15) is 0 Å². The summed E-state index contributed by atoms with van der Waals surface area (Å²) in [5.41, 5.74) is 6.93. The third kappa shape index (κ3) is 2.20. The highest BCUT2D eigenvalue weighted by Gasteiger charge is 2.32. The molecule has 1 unspecified atom stereocenters. The molecule has 6 heteroatoms. The summed E-state index contributed by atoms with van der Waals surface area (Å²) in [6.45, 7) is 4.07. The van der Waals surface area contributed by atoms with Crippen molar-refractivity contribution in [1.29, 1.82) is 0 Å². The average Bonchev–Trinajstić information content (AvgIpc) is 2.94. The van der Waals surface area contributed by atoms with Crippen LogP contribution in [0.1, 0.15) is 23.2 Å². The van der Waals surface area contributed by atoms with Gasteiger partial charge in [-0.3, -0.25) is 4.90 Å². The van der Waals surface area contributed by atoms with E-state index in [9.17, 15) is 4.79 Å². The molecule has 0 spiro atoms. The van der Waals surface area contributed by atoms with Crippen LogP contribution < -0.4 is 10.6 Å². The Balaban J connectivity index is 1.85. The second-order valence-electron chi connectivity index (χ2n) is 5.37. The van der Waals surface area contributed by atoms with Crippen molar-refractivity contribution in [2.75, 3.05) is 43.9 Å². The first kappa shape index (κ1) is 13.2. The number of hydrogen-bond acceptors (Lipinski definition) is 6. The number of nitrogens with two attached hydrogens (primary N) is 1. The van der Waals surface area contributed by atoms with Crippen LogP contribution in [0, 0.1) is 0 Å². The average molecular weight is 276 g/mol. The minimum absolute atomic E-state index is 0.395. The van der Waals surface area contributed by atoms with Crippen LogP contribution in [0.5, 0.6) is 0 Å². The summed E-state index contributed by atoms with van der Waals surface area (Å²) in [6.07, 6.45) is 4.12. The molecule has 1 aromatic heterocycles. The third-order valence-electron chi connectivity index (χ3n) is 4.26. The number of nitrogen functional groups attached to an aromatic ring is 1. The highest BCUT2D eigenvalue weighted by atomic mass is 16.5. The van der Waals surface area contributed by atoms with E-state index < -0.39 is 5.97 Å². The van der Waals surface area contributed by atoms with E-state index in [0.29, 0.717) is 23.1 Å². The number of carbonyl (C=O) groups is 1. The quantitative estimate of drug-likeness (QED) is 0.803. The smallest absolute Gasteiger partial charge is 0.340 e. The Hall–Kier alpha value is -1.82. The number of fused-ring (bicyclic) bond motifs is 1. The number of anilines is 2. The fourth-order valence-electron chi connectivity index (χ4n) is 3.19. The van der Waals surface area contributed by atoms with Gasteiger partial charge in [0.25, 0.3) is 0 Å². The fraction of sp³-hybridized carbons (Fsp3) is 0.571. The molecule has 2 aliphatic heterocycles. The topological polar surface area (TPSA) is 71.7 Å². The molecule has 3 heterocycles. The van der Waals surface area contributed by atoms with E-state index >= 15 is 0 Å². The van der Waals surface area contributed by atoms with E-state index in [1.807, 2.05) is 0 Å². The molecule has 3 rings (SSSR count). The number of methoxy groups -OCH3 is 1. The predicted molar refractivity (Wildman–Crippen MR) is 76.8 cm³/mol. The maximum absolute atomic E-state index is 11.7. The Morgan fingerprint density at radius 2 is 2.30 bits per heavy atom. The van der Waals surface area contributed by atoms with Crippen molar-refractivity contribution in [3.8, 4) is 0 Å². The lowest BCUT2D eigenvalue weighted by Gasteiger charge is -2.38. The molecule has 0 radical (unpaired) electrons. The maximum Gasteiger partial charge on any atom is 0.340 e. The number of ether oxygens (including phenoxy) is 1. The first-order valence-corrected chi connectivity index (χ1v) is 7.02. The zero-order valence-electron chi connectivity index (χ0n) is 11.7. The summed E-state index contributed by atoms with van der Waals surface area (Å²) in [5.74, 6) is 0.296. The molecule has 0 aliphatic carbocycles. The van der Waals surface area contributed by atoms with Gasteiger partial charge in [0, 0.05) is 31.9 Å². The number of pyridine rings is 1. The van der Waals surface area contributed by atoms with Crippen LogP contribution in [-0.2, 0) is 4.74 Å². The van der Waals surface area contributed by atoms with E-state index in [-0.39, 0.29) is 0 Å². The van der Waals surface area contributed by atoms with Crippen molar-refractivity contribution in [3.63, 3.8) is 0 Å². The normalized spacial score (nSPS) is 22.6. The lowest BCUT2D eigenvalue weighted by atomic mass is 10.1. The van der Waals surface area contributed by atoms with E-state index in [1.54, 1.807) is 12.3 Å². The second-order valence-corrected chi connectivity index (χ2v) is 5.37. The molecule has 6 nitrogen and oxygen atoms in total. The summed E-state index contributed by atoms with van der Waals surface area (Å²) in [4.78, 5) is 20.8. The van der Waals surface area contributed by atoms with Crippen molar-refractivity contribution in [2.45, 2.75) is 18.9 Å². The Morgan fingerprint density at radius 3 is 3.10 bits per heavy atom. The molecule has 20 heavy (non-hydrogen) atoms. The van der Waals surface area contributed by atoms with Gasteiger partial charge in [-0.15, -0.1) is 0 Å². The zero-order valence-corrected chi connectivity index (χ0v) is 11.7. The molecule has 2 N–H and O–H groups in total. The van der Waals surface area contributed by atoms with E-state index in [2.05, 4.69) is 14.8 Å². The van der Waals surface area contributed by atoms with Crippen molar-refractivity contribution < 1.29 is 9.53 Å². The van der Waals surface area contributed by atoms with Crippen molar-refractivity contribution >= 4 is 17.5 Å². The lowest BCUT2D eigenvalue weighted by molar-refractivity contribution is 0.0602. The molecule has 2 fully saturated rings. The second kappa shape index (κ2) is 5.28. The van der Waals surface area contributed by atoms with Gasteiger partial charge < -0.3 is 15.4 Å². The first-order valence-electron chi connectivity index (χ1n) is 7.02. The molecule has 2 aliphatic rings. The molecule has 108 valence electrons. The van der Waals surface area contributed by atoms with E-state index in [0.717, 1.165) is 19.6 Å². The van der Waals surface area contributed by atoms with Crippen LogP contribution in [0.4, 0.5) is 11.5 Å². The molecule has 0 aromatic carbocycles. The summed E-state index contributed by atoms with van der Waals surface area (Å²) < 4.78 is 4.76. The van der Waals surface area contributed by atoms with Gasteiger partial charge in [0.2, 0.25) is 0 Å². The molecule has 2 saturated heterocycles. The summed E-state index contributed by atoms with van der Waals surface area (Å²) >= 11 is 0. The number of esters is 1. The predicted octanol–water partition coefficient (Wildman–Crippen LogP) is 0.735. The zero-order chi connectivity index (χ0) is 14.1. The van der Waals surface area contributed by atoms with Gasteiger partial charge in [0.15, 0.2) is 5.82 Å². The van der Waals surface area contributed by atoms with Gasteiger partial charge in [0.05, 0.1) is 18.4 Å². The minimum atomic E-state index is -0.411. The fourth-order valence-corrected chi connectivity index (χ4v) is 3.19. The third-order valence-corrected chi connectivity index (χ3v) is 4.26. The highest BCUT2D eigenvalue weighted by molar-refractivity contribution is 5.97. The molecule has 0 saturated carbocycles. The van der Waals surface area contributed by atoms with Crippen LogP contribution in [0.15, 0.2) is 12.3 Å². The molecule has 1 aromatic rings. The van der Waals surface area contributed by atoms with Crippen LogP contribution in [0.3, 0.4) is 0 Å². The van der Waals surface area contributed by atoms with Gasteiger partial charge in [-0.1, -0.05) is 0 Å². The monoisotopic (exact) mass is 276 g/mol. The number of carbonyl (C=O) groups excluding carboxylic acids is 1. The Bertz CT molecular complexity index is 520. The molecular weight excluding hydrogens is 256 g/mol. The SMILES string of the molecule is COC(=O)c1ccnc(N2CCN3CCCC3C2)c1N. The van der Waals surface area contributed by atoms with Gasteiger partial charge in [-0.05, 0) is 25.5 Å². The van der Waals surface area contributed by atoms with Gasteiger partial charge in [-0.25, -0.2) is 9.78 Å². The lowest BCUT2D eigenvalue weighted by Crippen LogP contribution is -2.50. The van der Waals surface area contributed by atoms with Crippen molar-refractivity contribution in [3.05, 3.63) is 17.8 Å². The summed E-state index contributed by atoms with van der Waals surface area (Å²) in [6, 6.07) is 2.20. The standard InChI is InChI=1S/C14H20N4O2/c1-20-14(19)11-4-5-16-13(12(11)15)18-8-7-17-6-2-3-10(17)9-18/h4-5,10H,2-3,6-9,15H2,1H3. The van der Waals surface area contributed by atoms with Crippen LogP contribution in [-0.4, -0.2) is 55.2 Å². The van der Waals surface area contributed by atoms with Gasteiger partial charge in [-0.2, -0.15) is 0 Å². The number of nitrogens with zero attached hydrogens (tertiary/aromatic N) is 3. The Labute approximate surface area is 118 Å². The highest BCUT2D eigenvalue weighted by Crippen LogP contribution is 2.29. The molecule has 1 atom stereocenters. The largest absolute Gasteiger partial charge is 0.465 e. The van der Waals surface area contributed by atoms with Crippen molar-refractivity contribution in [2.24, 2.45) is 0 Å². The molecule has 0 bridgehead atoms. The minimum Gasteiger partial charge on any atom is -0.465 e. The van der Waals surface area contributed by atoms with E-state index in [1.165, 1.54) is 26.5 Å². The van der Waals surface area contributed by atoms with Gasteiger partial charge >= 0.3 is 5.97 Å². The number of hydrogen-bond donors (Lipinski definition) is 1. The number of aromatic nitrogens is 1. The number of piperazine rings is 1. The maximum atomic E-state index is 11.7.